The van der Waals surface area contributed by atoms with Gasteiger partial charge in [-0.2, -0.15) is 0 Å². The summed E-state index contributed by atoms with van der Waals surface area (Å²) in [6.45, 7) is 5.12. The molecule has 1 rings (SSSR count). The van der Waals surface area contributed by atoms with E-state index in [0.717, 1.165) is 20.8 Å². The summed E-state index contributed by atoms with van der Waals surface area (Å²) in [7, 11) is -1.00. The topological polar surface area (TPSA) is 171 Å². The minimum absolute atomic E-state index is 0.0718. The Hall–Kier alpha value is -1.06. The number of halogens is 2. The molecule has 0 radical (unpaired) electrons. The molecule has 39 heavy (non-hydrogen) atoms. The van der Waals surface area contributed by atoms with Crippen LogP contribution in [0.5, 0.6) is 0 Å². The molecule has 0 aliphatic carbocycles. The molecule has 1 fully saturated rings. The fourth-order valence-corrected chi connectivity index (χ4v) is 5.62. The summed E-state index contributed by atoms with van der Waals surface area (Å²) in [5.41, 5.74) is 5.89. The normalized spacial score (nSPS) is 26.4. The highest BCUT2D eigenvalue weighted by molar-refractivity contribution is 7.53. The molecule has 0 aromatic heterocycles. The molecule has 1 saturated heterocycles. The maximum atomic E-state index is 12.8. The largest absolute Gasteiger partial charge is 0.456 e. The van der Waals surface area contributed by atoms with Gasteiger partial charge in [-0.3, -0.25) is 18.9 Å². The molecule has 0 saturated carbocycles. The lowest BCUT2D eigenvalue weighted by atomic mass is 9.98. The van der Waals surface area contributed by atoms with Crippen molar-refractivity contribution in [3.05, 3.63) is 0 Å². The number of carbonyl (C=O) groups excluding carboxylic acids is 3. The summed E-state index contributed by atoms with van der Waals surface area (Å²) in [6, 6.07) is 0. The molecular formula is C22H39Cl2N2O12P. The molecule has 1 aliphatic rings. The molecule has 0 aromatic rings. The molecule has 0 amide bonds. The quantitative estimate of drug-likeness (QED) is 0.0815. The summed E-state index contributed by atoms with van der Waals surface area (Å²) >= 11 is 11.5. The lowest BCUT2D eigenvalue weighted by Crippen LogP contribution is -2.63. The van der Waals surface area contributed by atoms with Crippen molar-refractivity contribution in [3.63, 3.8) is 0 Å². The average Bonchev–Trinajstić information content (AvgIpc) is 2.84. The summed E-state index contributed by atoms with van der Waals surface area (Å²) in [5.74, 6) is -3.06. The Morgan fingerprint density at radius 2 is 1.46 bits per heavy atom. The first-order valence-corrected chi connectivity index (χ1v) is 14.7. The lowest BCUT2D eigenvalue weighted by molar-refractivity contribution is -0.316. The van der Waals surface area contributed by atoms with E-state index in [9.17, 15) is 18.9 Å². The number of ether oxygens (including phenoxy) is 7. The number of carbonyl (C=O) groups is 3. The molecule has 1 heterocycles. The van der Waals surface area contributed by atoms with E-state index in [2.05, 4.69) is 0 Å². The van der Waals surface area contributed by atoms with Crippen LogP contribution in [0.4, 0.5) is 0 Å². The van der Waals surface area contributed by atoms with Crippen LogP contribution in [0, 0.1) is 0 Å². The van der Waals surface area contributed by atoms with Gasteiger partial charge < -0.3 is 37.7 Å². The van der Waals surface area contributed by atoms with E-state index in [1.54, 1.807) is 6.92 Å². The summed E-state index contributed by atoms with van der Waals surface area (Å²) in [4.78, 5) is 35.5. The van der Waals surface area contributed by atoms with E-state index in [4.69, 9.17) is 66.4 Å². The van der Waals surface area contributed by atoms with Crippen LogP contribution in [0.25, 0.3) is 0 Å². The van der Waals surface area contributed by atoms with Crippen molar-refractivity contribution in [1.29, 1.82) is 0 Å². The van der Waals surface area contributed by atoms with E-state index >= 15 is 0 Å². The second-order valence-corrected chi connectivity index (χ2v) is 11.3. The first-order chi connectivity index (χ1) is 18.2. The Balaban J connectivity index is 3.05. The van der Waals surface area contributed by atoms with Crippen LogP contribution in [0.3, 0.4) is 0 Å². The molecule has 14 nitrogen and oxygen atoms in total. The minimum atomic E-state index is -3.69. The van der Waals surface area contributed by atoms with Gasteiger partial charge in [0.15, 0.2) is 30.4 Å². The van der Waals surface area contributed by atoms with Gasteiger partial charge in [-0.25, -0.2) is 10.2 Å². The molecule has 7 atom stereocenters. The first kappa shape index (κ1) is 36.0. The monoisotopic (exact) mass is 624 g/mol. The van der Waals surface area contributed by atoms with Crippen LogP contribution in [0.15, 0.2) is 0 Å². The lowest BCUT2D eigenvalue weighted by Gasteiger charge is -2.44. The van der Waals surface area contributed by atoms with Crippen LogP contribution < -0.4 is 5.50 Å². The molecule has 17 heteroatoms. The van der Waals surface area contributed by atoms with Gasteiger partial charge in [0.1, 0.15) is 6.10 Å². The third kappa shape index (κ3) is 11.8. The molecule has 1 aliphatic heterocycles. The Kier molecular flexibility index (Phi) is 15.7. The van der Waals surface area contributed by atoms with Crippen LogP contribution >= 0.6 is 30.9 Å². The van der Waals surface area contributed by atoms with E-state index in [1.165, 1.54) is 18.9 Å². The number of alkyl halides is 2. The Morgan fingerprint density at radius 1 is 0.949 bits per heavy atom. The third-order valence-corrected chi connectivity index (χ3v) is 7.71. The Bertz CT molecular complexity index is 850. The van der Waals surface area contributed by atoms with Gasteiger partial charge in [0.05, 0.1) is 13.2 Å². The van der Waals surface area contributed by atoms with E-state index in [0.29, 0.717) is 0 Å². The molecular weight excluding hydrogens is 586 g/mol. The zero-order valence-electron chi connectivity index (χ0n) is 23.0. The van der Waals surface area contributed by atoms with Crippen molar-refractivity contribution in [3.8, 4) is 0 Å². The highest BCUT2D eigenvalue weighted by Crippen LogP contribution is 2.42. The minimum Gasteiger partial charge on any atom is -0.456 e. The molecule has 0 aromatic carbocycles. The number of rotatable bonds is 17. The number of nitrogens with two attached hydrogens (primary N) is 1. The van der Waals surface area contributed by atoms with Crippen molar-refractivity contribution in [2.45, 2.75) is 70.6 Å². The van der Waals surface area contributed by atoms with Gasteiger partial charge in [-0.15, -0.1) is 23.2 Å². The van der Waals surface area contributed by atoms with Crippen molar-refractivity contribution in [1.82, 2.24) is 4.67 Å². The number of esters is 3. The van der Waals surface area contributed by atoms with E-state index in [1.807, 2.05) is 0 Å². The van der Waals surface area contributed by atoms with Crippen molar-refractivity contribution >= 4 is 48.8 Å². The van der Waals surface area contributed by atoms with Crippen molar-refractivity contribution in [2.75, 3.05) is 52.3 Å². The van der Waals surface area contributed by atoms with Crippen molar-refractivity contribution in [2.24, 2.45) is 5.50 Å². The highest BCUT2D eigenvalue weighted by atomic mass is 35.5. The van der Waals surface area contributed by atoms with Gasteiger partial charge in [0, 0.05) is 66.3 Å². The van der Waals surface area contributed by atoms with Gasteiger partial charge >= 0.3 is 25.6 Å². The number of methoxy groups -OCH3 is 2. The van der Waals surface area contributed by atoms with Gasteiger partial charge in [0.25, 0.3) is 0 Å². The number of hydrogen-bond acceptors (Lipinski definition) is 12. The number of hydrogen-bond donors (Lipinski definition) is 1. The third-order valence-electron chi connectivity index (χ3n) is 5.63. The molecule has 228 valence electrons. The van der Waals surface area contributed by atoms with Crippen LogP contribution in [-0.4, -0.2) is 111 Å². The van der Waals surface area contributed by atoms with Crippen molar-refractivity contribution < 1.29 is 56.6 Å². The smallest absolute Gasteiger partial charge is 0.340 e. The fourth-order valence-electron chi connectivity index (χ4n) is 3.70. The predicted molar refractivity (Wildman–Crippen MR) is 139 cm³/mol. The molecule has 0 bridgehead atoms. The van der Waals surface area contributed by atoms with Gasteiger partial charge in [-0.1, -0.05) is 0 Å². The predicted octanol–water partition coefficient (Wildman–Crippen LogP) is 1.79. The second kappa shape index (κ2) is 17.0. The zero-order valence-corrected chi connectivity index (χ0v) is 25.4. The van der Waals surface area contributed by atoms with Crippen LogP contribution in [-0.2, 0) is 56.6 Å². The molecule has 2 N–H and O–H groups in total. The Morgan fingerprint density at radius 3 is 1.92 bits per heavy atom. The fraction of sp³-hybridized carbons (Fsp3) is 0.864. The summed E-state index contributed by atoms with van der Waals surface area (Å²) < 4.78 is 58.4. The number of nitrogens with zero attached hydrogens (tertiary/aromatic N) is 1. The van der Waals surface area contributed by atoms with Gasteiger partial charge in [0.2, 0.25) is 0 Å². The SMILES string of the molecule is CO[C@H]1O[C@H](COC(C)(CCOP(N)(=O)N(CCCl)CCCl)OC)[C@@H](OC(C)=O)[C@H](OC(C)=O)[C@H]1OC(C)=O. The first-order valence-electron chi connectivity index (χ1n) is 12.0. The van der Waals surface area contributed by atoms with Gasteiger partial charge in [-0.05, 0) is 6.92 Å². The van der Waals surface area contributed by atoms with Crippen LogP contribution in [0.1, 0.15) is 34.1 Å². The highest BCUT2D eigenvalue weighted by Gasteiger charge is 2.52. The standard InChI is InChI=1S/C22H39Cl2N2O12P/c1-14(27)35-18-17(38-21(31-5)20(37-16(3)29)19(18)36-15(2)28)13-33-22(4,32-6)7-12-34-39(25,30)26(10-8-23)11-9-24/h17-21H,7-13H2,1-6H3,(H2,25,30)/t17-,18-,19+,20-,21+,22?,39?/m1/s1. The molecule has 2 unspecified atom stereocenters. The zero-order chi connectivity index (χ0) is 29.8. The Labute approximate surface area is 238 Å². The maximum absolute atomic E-state index is 12.8. The second-order valence-electron chi connectivity index (χ2n) is 8.63. The maximum Gasteiger partial charge on any atom is 0.340 e. The molecule has 0 spiro atoms. The van der Waals surface area contributed by atoms with Crippen LogP contribution in [0.2, 0.25) is 0 Å². The summed E-state index contributed by atoms with van der Waals surface area (Å²) in [6.07, 6.45) is -5.90. The summed E-state index contributed by atoms with van der Waals surface area (Å²) in [5, 5.41) is 0. The average molecular weight is 625 g/mol. The van der Waals surface area contributed by atoms with E-state index < -0.39 is 62.1 Å². The van der Waals surface area contributed by atoms with E-state index in [-0.39, 0.29) is 44.5 Å².